The summed E-state index contributed by atoms with van der Waals surface area (Å²) in [7, 11) is 1.60. The van der Waals surface area contributed by atoms with E-state index in [1.807, 2.05) is 30.3 Å². The first-order valence-corrected chi connectivity index (χ1v) is 9.10. The lowest BCUT2D eigenvalue weighted by molar-refractivity contribution is -0.110. The molecule has 1 amide bonds. The minimum Gasteiger partial charge on any atom is -0.495 e. The molecule has 1 aromatic carbocycles. The molecule has 0 spiro atoms. The zero-order valence-electron chi connectivity index (χ0n) is 16.2. The van der Waals surface area contributed by atoms with Crippen molar-refractivity contribution >= 4 is 29.3 Å². The van der Waals surface area contributed by atoms with Crippen LogP contribution in [0.1, 0.15) is 44.0 Å². The average molecular weight is 366 g/mol. The Bertz CT molecular complexity index is 904. The van der Waals surface area contributed by atoms with Gasteiger partial charge in [0.1, 0.15) is 5.75 Å². The molecule has 5 nitrogen and oxygen atoms in total. The minimum absolute atomic E-state index is 0.156. The van der Waals surface area contributed by atoms with Gasteiger partial charge in [-0.25, -0.2) is 0 Å². The maximum absolute atomic E-state index is 12.5. The van der Waals surface area contributed by atoms with Crippen LogP contribution in [0.15, 0.2) is 36.5 Å². The van der Waals surface area contributed by atoms with Gasteiger partial charge in [0, 0.05) is 17.4 Å². The Morgan fingerprint density at radius 2 is 2.07 bits per heavy atom. The van der Waals surface area contributed by atoms with E-state index < -0.39 is 5.60 Å². The summed E-state index contributed by atoms with van der Waals surface area (Å²) >= 11 is 0. The summed E-state index contributed by atoms with van der Waals surface area (Å²) in [6.45, 7) is 5.96. The molecule has 1 atom stereocenters. The first-order chi connectivity index (χ1) is 12.8. The molecular formula is C22H26N2O3. The van der Waals surface area contributed by atoms with Crippen LogP contribution in [0.25, 0.3) is 17.7 Å². The topological polar surface area (TPSA) is 74.4 Å². The number of nitrogens with one attached hydrogen (secondary N) is 2. The van der Waals surface area contributed by atoms with Gasteiger partial charge >= 0.3 is 0 Å². The van der Waals surface area contributed by atoms with Gasteiger partial charge in [-0.3, -0.25) is 4.79 Å². The van der Waals surface area contributed by atoms with Crippen molar-refractivity contribution < 1.29 is 14.6 Å². The van der Waals surface area contributed by atoms with Crippen molar-refractivity contribution in [3.05, 3.63) is 53.4 Å². The number of carbonyl (C=O) groups excluding carboxylic acids is 1. The third-order valence-corrected chi connectivity index (χ3v) is 4.55. The van der Waals surface area contributed by atoms with Crippen LogP contribution >= 0.6 is 0 Å². The van der Waals surface area contributed by atoms with Crippen LogP contribution in [-0.2, 0) is 4.79 Å². The van der Waals surface area contributed by atoms with Gasteiger partial charge in [0.15, 0.2) is 0 Å². The largest absolute Gasteiger partial charge is 0.495 e. The second-order valence-corrected chi connectivity index (χ2v) is 7.53. The standard InChI is InChI=1S/C22H26N2O3/c1-14(2)13-22(3,26)10-8-15-6-5-7-17-20(15)16(21(25)24-17)12-18-19(27-4)9-11-23-18/h5-12,14,23,26H,13H2,1-4H3,(H,24,25). The van der Waals surface area contributed by atoms with Gasteiger partial charge in [-0.05, 0) is 43.0 Å². The highest BCUT2D eigenvalue weighted by Gasteiger charge is 2.27. The van der Waals surface area contributed by atoms with Gasteiger partial charge in [-0.2, -0.15) is 0 Å². The highest BCUT2D eigenvalue weighted by Crippen LogP contribution is 2.37. The first-order valence-electron chi connectivity index (χ1n) is 9.10. The molecule has 27 heavy (non-hydrogen) atoms. The molecule has 1 aliphatic rings. The fourth-order valence-corrected chi connectivity index (χ4v) is 3.52. The lowest BCUT2D eigenvalue weighted by Crippen LogP contribution is -2.22. The molecule has 3 rings (SSSR count). The number of ether oxygens (including phenoxy) is 1. The third-order valence-electron chi connectivity index (χ3n) is 4.55. The van der Waals surface area contributed by atoms with Crippen molar-refractivity contribution in [3.8, 4) is 5.75 Å². The van der Waals surface area contributed by atoms with E-state index in [4.69, 9.17) is 4.74 Å². The van der Waals surface area contributed by atoms with Gasteiger partial charge in [0.2, 0.25) is 0 Å². The van der Waals surface area contributed by atoms with E-state index in [1.165, 1.54) is 0 Å². The van der Waals surface area contributed by atoms with Crippen LogP contribution in [0.5, 0.6) is 5.75 Å². The van der Waals surface area contributed by atoms with Crippen LogP contribution in [0, 0.1) is 5.92 Å². The van der Waals surface area contributed by atoms with E-state index >= 15 is 0 Å². The van der Waals surface area contributed by atoms with Crippen molar-refractivity contribution in [2.75, 3.05) is 12.4 Å². The van der Waals surface area contributed by atoms with E-state index in [2.05, 4.69) is 24.1 Å². The molecule has 3 N–H and O–H groups in total. The molecule has 2 aromatic rings. The first kappa shape index (κ1) is 19.0. The SMILES string of the molecule is COc1cc[nH]c1C=C1C(=O)Nc2cccc(C=CC(C)(O)CC(C)C)c21. The predicted octanol–water partition coefficient (Wildman–Crippen LogP) is 4.33. The molecule has 0 bridgehead atoms. The number of carbonyl (C=O) groups is 1. The highest BCUT2D eigenvalue weighted by molar-refractivity contribution is 6.35. The quantitative estimate of drug-likeness (QED) is 0.666. The third kappa shape index (κ3) is 4.14. The van der Waals surface area contributed by atoms with Gasteiger partial charge < -0.3 is 20.1 Å². The molecule has 1 aliphatic heterocycles. The molecular weight excluding hydrogens is 340 g/mol. The normalized spacial score (nSPS) is 17.4. The summed E-state index contributed by atoms with van der Waals surface area (Å²) < 4.78 is 5.32. The fraction of sp³-hybridized carbons (Fsp3) is 0.318. The summed E-state index contributed by atoms with van der Waals surface area (Å²) in [5.41, 5.74) is 2.87. The number of anilines is 1. The number of aromatic amines is 1. The van der Waals surface area contributed by atoms with E-state index in [-0.39, 0.29) is 5.91 Å². The molecule has 0 aliphatic carbocycles. The van der Waals surface area contributed by atoms with E-state index in [0.717, 1.165) is 22.5 Å². The Morgan fingerprint density at radius 1 is 1.30 bits per heavy atom. The summed E-state index contributed by atoms with van der Waals surface area (Å²) in [5.74, 6) is 0.901. The molecule has 0 saturated carbocycles. The van der Waals surface area contributed by atoms with Crippen molar-refractivity contribution in [1.82, 2.24) is 4.98 Å². The second kappa shape index (κ2) is 7.45. The van der Waals surface area contributed by atoms with Crippen molar-refractivity contribution in [2.24, 2.45) is 5.92 Å². The lowest BCUT2D eigenvalue weighted by Gasteiger charge is -2.21. The molecule has 1 unspecified atom stereocenters. The lowest BCUT2D eigenvalue weighted by atomic mass is 9.92. The number of hydrogen-bond donors (Lipinski definition) is 3. The average Bonchev–Trinajstić information content (AvgIpc) is 3.16. The zero-order valence-corrected chi connectivity index (χ0v) is 16.2. The summed E-state index contributed by atoms with van der Waals surface area (Å²) in [6, 6.07) is 7.54. The Labute approximate surface area is 159 Å². The van der Waals surface area contributed by atoms with Gasteiger partial charge in [-0.15, -0.1) is 0 Å². The maximum Gasteiger partial charge on any atom is 0.256 e. The maximum atomic E-state index is 12.5. The molecule has 1 aromatic heterocycles. The molecule has 0 saturated heterocycles. The van der Waals surface area contributed by atoms with Crippen LogP contribution in [0.4, 0.5) is 5.69 Å². The highest BCUT2D eigenvalue weighted by atomic mass is 16.5. The van der Waals surface area contributed by atoms with Gasteiger partial charge in [-0.1, -0.05) is 38.1 Å². The van der Waals surface area contributed by atoms with E-state index in [9.17, 15) is 9.90 Å². The summed E-state index contributed by atoms with van der Waals surface area (Å²) in [6.07, 6.45) is 7.93. The number of hydrogen-bond acceptors (Lipinski definition) is 3. The number of fused-ring (bicyclic) bond motifs is 1. The predicted molar refractivity (Wildman–Crippen MR) is 109 cm³/mol. The Hall–Kier alpha value is -2.79. The van der Waals surface area contributed by atoms with E-state index in [1.54, 1.807) is 32.4 Å². The van der Waals surface area contributed by atoms with E-state index in [0.29, 0.717) is 23.7 Å². The van der Waals surface area contributed by atoms with Gasteiger partial charge in [0.05, 0.1) is 24.0 Å². The Balaban J connectivity index is 2.02. The van der Waals surface area contributed by atoms with Gasteiger partial charge in [0.25, 0.3) is 5.91 Å². The second-order valence-electron chi connectivity index (χ2n) is 7.53. The molecule has 0 fully saturated rings. The van der Waals surface area contributed by atoms with Crippen LogP contribution < -0.4 is 10.1 Å². The summed E-state index contributed by atoms with van der Waals surface area (Å²) in [4.78, 5) is 15.6. The zero-order chi connectivity index (χ0) is 19.6. The number of H-pyrrole nitrogens is 1. The monoisotopic (exact) mass is 366 g/mol. The Morgan fingerprint density at radius 3 is 2.78 bits per heavy atom. The van der Waals surface area contributed by atoms with Crippen LogP contribution in [0.3, 0.4) is 0 Å². The minimum atomic E-state index is -0.903. The smallest absolute Gasteiger partial charge is 0.256 e. The number of benzene rings is 1. The Kier molecular flexibility index (Phi) is 5.24. The fourth-order valence-electron chi connectivity index (χ4n) is 3.52. The number of amides is 1. The van der Waals surface area contributed by atoms with Crippen molar-refractivity contribution in [1.29, 1.82) is 0 Å². The van der Waals surface area contributed by atoms with Crippen LogP contribution in [-0.4, -0.2) is 28.7 Å². The molecule has 142 valence electrons. The van der Waals surface area contributed by atoms with Crippen molar-refractivity contribution in [3.63, 3.8) is 0 Å². The molecule has 2 heterocycles. The number of rotatable bonds is 6. The summed E-state index contributed by atoms with van der Waals surface area (Å²) in [5, 5.41) is 13.5. The molecule has 0 radical (unpaired) electrons. The number of aromatic nitrogens is 1. The number of methoxy groups -OCH3 is 1. The van der Waals surface area contributed by atoms with Crippen molar-refractivity contribution in [2.45, 2.75) is 32.8 Å². The number of aliphatic hydroxyl groups is 1. The van der Waals surface area contributed by atoms with Crippen LogP contribution in [0.2, 0.25) is 0 Å². The molecule has 5 heteroatoms.